The number of halogens is 1. The van der Waals surface area contributed by atoms with Crippen molar-refractivity contribution in [2.75, 3.05) is 13.1 Å². The van der Waals surface area contributed by atoms with Gasteiger partial charge in [0.25, 0.3) is 0 Å². The van der Waals surface area contributed by atoms with E-state index in [2.05, 4.69) is 38.7 Å². The highest BCUT2D eigenvalue weighted by molar-refractivity contribution is 14.1. The van der Waals surface area contributed by atoms with E-state index in [-0.39, 0.29) is 24.0 Å². The molecule has 2 N–H and O–H groups in total. The van der Waals surface area contributed by atoms with Gasteiger partial charge in [0.15, 0.2) is 0 Å². The standard InChI is InChI=1S/C23H29IN4O3S/c24-18-3-5-20(6-4-18)32(30,31)27-23-11-16-8-17(12-23)10-22(9-16,15-23)26-14-21(29)28-7-1-2-19(28)13-25/h3-6,16-17,19,26-27H,1-2,7-12,14-15H2. The number of sulfonamides is 1. The van der Waals surface area contributed by atoms with Gasteiger partial charge in [-0.25, -0.2) is 13.1 Å². The molecule has 0 radical (unpaired) electrons. The summed E-state index contributed by atoms with van der Waals surface area (Å²) in [6, 6.07) is 8.89. The zero-order valence-electron chi connectivity index (χ0n) is 18.0. The molecule has 172 valence electrons. The molecule has 1 aromatic carbocycles. The summed E-state index contributed by atoms with van der Waals surface area (Å²) in [6.45, 7) is 0.869. The SMILES string of the molecule is N#CC1CCCN1C(=O)CNC12CC3CC(C1)CC(NS(=O)(=O)c1ccc(I)cc1)(C3)C2. The van der Waals surface area contributed by atoms with Crippen LogP contribution in [0.3, 0.4) is 0 Å². The minimum atomic E-state index is -3.61. The molecule has 4 saturated carbocycles. The van der Waals surface area contributed by atoms with Gasteiger partial charge in [-0.1, -0.05) is 0 Å². The van der Waals surface area contributed by atoms with Crippen LogP contribution < -0.4 is 10.0 Å². The van der Waals surface area contributed by atoms with Crippen LogP contribution in [0.15, 0.2) is 29.2 Å². The van der Waals surface area contributed by atoms with Gasteiger partial charge in [0.1, 0.15) is 6.04 Å². The molecule has 1 aliphatic heterocycles. The Bertz CT molecular complexity index is 1040. The lowest BCUT2D eigenvalue weighted by Gasteiger charge is -2.62. The largest absolute Gasteiger partial charge is 0.326 e. The van der Waals surface area contributed by atoms with E-state index >= 15 is 0 Å². The Labute approximate surface area is 203 Å². The van der Waals surface area contributed by atoms with Gasteiger partial charge in [-0.15, -0.1) is 0 Å². The summed E-state index contributed by atoms with van der Waals surface area (Å²) in [5.74, 6) is 0.923. The second kappa shape index (κ2) is 8.22. The molecule has 7 nitrogen and oxygen atoms in total. The molecular formula is C23H29IN4O3S. The van der Waals surface area contributed by atoms with Crippen molar-refractivity contribution in [3.8, 4) is 6.07 Å². The van der Waals surface area contributed by atoms with Crippen LogP contribution in [0.1, 0.15) is 51.4 Å². The van der Waals surface area contributed by atoms with E-state index in [9.17, 15) is 18.5 Å². The maximum absolute atomic E-state index is 13.2. The molecule has 5 fully saturated rings. The Hall–Kier alpha value is -1.22. The maximum atomic E-state index is 13.2. The van der Waals surface area contributed by atoms with Crippen molar-refractivity contribution in [2.24, 2.45) is 11.8 Å². The van der Waals surface area contributed by atoms with Gasteiger partial charge in [-0.05, 0) is 110 Å². The lowest BCUT2D eigenvalue weighted by molar-refractivity contribution is -0.131. The monoisotopic (exact) mass is 568 g/mol. The molecule has 3 unspecified atom stereocenters. The molecule has 1 saturated heterocycles. The van der Waals surface area contributed by atoms with Crippen LogP contribution in [0.4, 0.5) is 0 Å². The van der Waals surface area contributed by atoms with Crippen LogP contribution in [-0.4, -0.2) is 49.4 Å². The zero-order chi connectivity index (χ0) is 22.6. The van der Waals surface area contributed by atoms with Crippen LogP contribution in [0, 0.1) is 26.7 Å². The summed E-state index contributed by atoms with van der Waals surface area (Å²) in [5.41, 5.74) is -0.666. The van der Waals surface area contributed by atoms with E-state index in [1.54, 1.807) is 17.0 Å². The molecule has 3 atom stereocenters. The van der Waals surface area contributed by atoms with E-state index < -0.39 is 15.6 Å². The van der Waals surface area contributed by atoms with Crippen LogP contribution in [0.2, 0.25) is 0 Å². The van der Waals surface area contributed by atoms with E-state index in [4.69, 9.17) is 0 Å². The number of rotatable bonds is 6. The summed E-state index contributed by atoms with van der Waals surface area (Å²) >= 11 is 2.17. The smallest absolute Gasteiger partial charge is 0.241 e. The summed E-state index contributed by atoms with van der Waals surface area (Å²) in [6.07, 6.45) is 7.21. The Kier molecular flexibility index (Phi) is 5.80. The molecule has 6 rings (SSSR count). The highest BCUT2D eigenvalue weighted by Crippen LogP contribution is 2.57. The van der Waals surface area contributed by atoms with Crippen molar-refractivity contribution in [3.63, 3.8) is 0 Å². The summed E-state index contributed by atoms with van der Waals surface area (Å²) < 4.78 is 30.5. The maximum Gasteiger partial charge on any atom is 0.241 e. The number of nitrogens with zero attached hydrogens (tertiary/aromatic N) is 2. The van der Waals surface area contributed by atoms with E-state index in [0.29, 0.717) is 29.7 Å². The number of carbonyl (C=O) groups is 1. The first kappa shape index (κ1) is 22.6. The number of nitrogens with one attached hydrogen (secondary N) is 2. The predicted molar refractivity (Wildman–Crippen MR) is 128 cm³/mol. The Balaban J connectivity index is 1.32. The number of benzene rings is 1. The third kappa shape index (κ3) is 4.19. The number of amides is 1. The van der Waals surface area contributed by atoms with Crippen molar-refractivity contribution in [1.82, 2.24) is 14.9 Å². The molecule has 1 aromatic rings. The average Bonchev–Trinajstić information content (AvgIpc) is 3.19. The quantitative estimate of drug-likeness (QED) is 0.514. The summed E-state index contributed by atoms with van der Waals surface area (Å²) in [4.78, 5) is 14.8. The Morgan fingerprint density at radius 2 is 1.81 bits per heavy atom. The van der Waals surface area contributed by atoms with Crippen LogP contribution in [-0.2, 0) is 14.8 Å². The molecule has 1 amide bonds. The molecule has 9 heteroatoms. The third-order valence-corrected chi connectivity index (χ3v) is 10.2. The molecule has 1 heterocycles. The third-order valence-electron chi connectivity index (χ3n) is 7.87. The van der Waals surface area contributed by atoms with Crippen LogP contribution in [0.25, 0.3) is 0 Å². The van der Waals surface area contributed by atoms with Gasteiger partial charge in [0, 0.05) is 21.2 Å². The van der Waals surface area contributed by atoms with Gasteiger partial charge in [-0.2, -0.15) is 5.26 Å². The van der Waals surface area contributed by atoms with Gasteiger partial charge in [0.05, 0.1) is 17.5 Å². The molecule has 0 spiro atoms. The zero-order valence-corrected chi connectivity index (χ0v) is 21.0. The Morgan fingerprint density at radius 3 is 2.47 bits per heavy atom. The minimum absolute atomic E-state index is 0.0154. The summed E-state index contributed by atoms with van der Waals surface area (Å²) in [5, 5.41) is 12.9. The lowest BCUT2D eigenvalue weighted by atomic mass is 9.50. The fraction of sp³-hybridized carbons (Fsp3) is 0.652. The Morgan fingerprint density at radius 1 is 1.16 bits per heavy atom. The van der Waals surface area contributed by atoms with Gasteiger partial charge in [0.2, 0.25) is 15.9 Å². The number of carbonyl (C=O) groups excluding carboxylic acids is 1. The van der Waals surface area contributed by atoms with Crippen LogP contribution >= 0.6 is 22.6 Å². The first-order valence-electron chi connectivity index (χ1n) is 11.5. The highest BCUT2D eigenvalue weighted by Gasteiger charge is 2.58. The number of likely N-dealkylation sites (tertiary alicyclic amines) is 1. The van der Waals surface area contributed by atoms with Gasteiger partial charge in [-0.3, -0.25) is 4.79 Å². The normalized spacial score (nSPS) is 35.8. The van der Waals surface area contributed by atoms with Crippen LogP contribution in [0.5, 0.6) is 0 Å². The lowest BCUT2D eigenvalue weighted by Crippen LogP contribution is -2.69. The average molecular weight is 568 g/mol. The second-order valence-corrected chi connectivity index (χ2v) is 13.2. The summed E-state index contributed by atoms with van der Waals surface area (Å²) in [7, 11) is -3.61. The second-order valence-electron chi connectivity index (χ2n) is 10.3. The topological polar surface area (TPSA) is 102 Å². The first-order valence-corrected chi connectivity index (χ1v) is 14.0. The van der Waals surface area contributed by atoms with Crippen molar-refractivity contribution >= 4 is 38.5 Å². The van der Waals surface area contributed by atoms with Crippen molar-refractivity contribution < 1.29 is 13.2 Å². The van der Waals surface area contributed by atoms with Crippen molar-refractivity contribution in [2.45, 2.75) is 73.4 Å². The molecule has 0 aromatic heterocycles. The van der Waals surface area contributed by atoms with Gasteiger partial charge >= 0.3 is 0 Å². The predicted octanol–water partition coefficient (Wildman–Crippen LogP) is 2.77. The highest BCUT2D eigenvalue weighted by atomic mass is 127. The molecule has 32 heavy (non-hydrogen) atoms. The number of nitriles is 1. The van der Waals surface area contributed by atoms with Gasteiger partial charge < -0.3 is 10.2 Å². The van der Waals surface area contributed by atoms with E-state index in [1.165, 1.54) is 0 Å². The van der Waals surface area contributed by atoms with E-state index in [0.717, 1.165) is 48.5 Å². The molecule has 4 bridgehead atoms. The first-order chi connectivity index (χ1) is 15.2. The fourth-order valence-corrected chi connectivity index (χ4v) is 8.89. The molecular weight excluding hydrogens is 539 g/mol. The number of hydrogen-bond donors (Lipinski definition) is 2. The minimum Gasteiger partial charge on any atom is -0.326 e. The van der Waals surface area contributed by atoms with Crippen molar-refractivity contribution in [1.29, 1.82) is 5.26 Å². The molecule has 4 aliphatic carbocycles. The number of hydrogen-bond acceptors (Lipinski definition) is 5. The van der Waals surface area contributed by atoms with E-state index in [1.807, 2.05) is 12.1 Å². The van der Waals surface area contributed by atoms with Crippen molar-refractivity contribution in [3.05, 3.63) is 27.8 Å². The molecule has 5 aliphatic rings. The fourth-order valence-electron chi connectivity index (χ4n) is 7.11.